The zero-order valence-electron chi connectivity index (χ0n) is 9.76. The standard InChI is InChI=1S/C12H20N2/c1-9-6-7-10(13)11(8-9)14(5)12(2,3)4/h6-8H,13H2,1-5H3. The first-order chi connectivity index (χ1) is 6.32. The summed E-state index contributed by atoms with van der Waals surface area (Å²) >= 11 is 0. The topological polar surface area (TPSA) is 29.3 Å². The number of hydrogen-bond donors (Lipinski definition) is 1. The van der Waals surface area contributed by atoms with Crippen molar-refractivity contribution in [1.29, 1.82) is 0 Å². The van der Waals surface area contributed by atoms with E-state index in [9.17, 15) is 0 Å². The summed E-state index contributed by atoms with van der Waals surface area (Å²) in [6.45, 7) is 8.61. The highest BCUT2D eigenvalue weighted by molar-refractivity contribution is 5.69. The molecule has 0 spiro atoms. The second-order valence-electron chi connectivity index (χ2n) is 4.79. The normalized spacial score (nSPS) is 11.5. The molecular weight excluding hydrogens is 172 g/mol. The van der Waals surface area contributed by atoms with Gasteiger partial charge in [0.15, 0.2) is 0 Å². The first-order valence-corrected chi connectivity index (χ1v) is 4.92. The number of rotatable bonds is 1. The maximum Gasteiger partial charge on any atom is 0.0604 e. The zero-order valence-corrected chi connectivity index (χ0v) is 9.76. The fraction of sp³-hybridized carbons (Fsp3) is 0.500. The largest absolute Gasteiger partial charge is 0.397 e. The molecule has 0 radical (unpaired) electrons. The second-order valence-corrected chi connectivity index (χ2v) is 4.79. The van der Waals surface area contributed by atoms with Crippen molar-refractivity contribution in [3.05, 3.63) is 23.8 Å². The van der Waals surface area contributed by atoms with E-state index in [0.717, 1.165) is 11.4 Å². The number of hydrogen-bond acceptors (Lipinski definition) is 2. The van der Waals surface area contributed by atoms with Crippen molar-refractivity contribution in [2.75, 3.05) is 17.7 Å². The molecule has 14 heavy (non-hydrogen) atoms. The monoisotopic (exact) mass is 192 g/mol. The van der Waals surface area contributed by atoms with Crippen molar-refractivity contribution in [3.8, 4) is 0 Å². The molecule has 0 fully saturated rings. The van der Waals surface area contributed by atoms with E-state index in [2.05, 4.69) is 45.7 Å². The molecule has 0 atom stereocenters. The summed E-state index contributed by atoms with van der Waals surface area (Å²) in [5, 5.41) is 0. The Hall–Kier alpha value is -1.18. The fourth-order valence-corrected chi connectivity index (χ4v) is 1.31. The van der Waals surface area contributed by atoms with E-state index in [-0.39, 0.29) is 5.54 Å². The number of nitrogens with zero attached hydrogens (tertiary/aromatic N) is 1. The smallest absolute Gasteiger partial charge is 0.0604 e. The lowest BCUT2D eigenvalue weighted by Gasteiger charge is -2.35. The Bertz CT molecular complexity index is 324. The predicted octanol–water partition coefficient (Wildman–Crippen LogP) is 2.81. The van der Waals surface area contributed by atoms with E-state index < -0.39 is 0 Å². The zero-order chi connectivity index (χ0) is 10.9. The fourth-order valence-electron chi connectivity index (χ4n) is 1.31. The van der Waals surface area contributed by atoms with Gasteiger partial charge in [-0.25, -0.2) is 0 Å². The van der Waals surface area contributed by atoms with Crippen LogP contribution in [0.1, 0.15) is 26.3 Å². The molecule has 2 nitrogen and oxygen atoms in total. The quantitative estimate of drug-likeness (QED) is 0.693. The SMILES string of the molecule is Cc1ccc(N)c(N(C)C(C)(C)C)c1. The maximum absolute atomic E-state index is 5.95. The Morgan fingerprint density at radius 2 is 1.79 bits per heavy atom. The van der Waals surface area contributed by atoms with E-state index in [0.29, 0.717) is 0 Å². The maximum atomic E-state index is 5.95. The Balaban J connectivity index is 3.12. The van der Waals surface area contributed by atoms with Gasteiger partial charge in [0.05, 0.1) is 11.4 Å². The van der Waals surface area contributed by atoms with Crippen LogP contribution in [0.2, 0.25) is 0 Å². The van der Waals surface area contributed by atoms with Gasteiger partial charge >= 0.3 is 0 Å². The highest BCUT2D eigenvalue weighted by Crippen LogP contribution is 2.28. The molecule has 0 unspecified atom stereocenters. The highest BCUT2D eigenvalue weighted by Gasteiger charge is 2.18. The molecule has 0 aliphatic rings. The Morgan fingerprint density at radius 3 is 2.29 bits per heavy atom. The van der Waals surface area contributed by atoms with Crippen LogP contribution >= 0.6 is 0 Å². The third-order valence-electron chi connectivity index (χ3n) is 2.55. The first-order valence-electron chi connectivity index (χ1n) is 4.92. The van der Waals surface area contributed by atoms with Gasteiger partial charge in [0.2, 0.25) is 0 Å². The van der Waals surface area contributed by atoms with Gasteiger partial charge in [-0.15, -0.1) is 0 Å². The minimum Gasteiger partial charge on any atom is -0.397 e. The molecule has 0 heterocycles. The number of nitrogen functional groups attached to an aromatic ring is 1. The summed E-state index contributed by atoms with van der Waals surface area (Å²) in [4.78, 5) is 2.20. The van der Waals surface area contributed by atoms with Crippen molar-refractivity contribution in [1.82, 2.24) is 0 Å². The van der Waals surface area contributed by atoms with E-state index in [4.69, 9.17) is 5.73 Å². The minimum absolute atomic E-state index is 0.0991. The number of nitrogens with two attached hydrogens (primary N) is 1. The Morgan fingerprint density at radius 1 is 1.21 bits per heavy atom. The van der Waals surface area contributed by atoms with Gasteiger partial charge in [0, 0.05) is 12.6 Å². The molecule has 0 aromatic heterocycles. The first kappa shape index (κ1) is 10.9. The third kappa shape index (κ3) is 2.19. The van der Waals surface area contributed by atoms with Gasteiger partial charge < -0.3 is 10.6 Å². The highest BCUT2D eigenvalue weighted by atomic mass is 15.2. The second kappa shape index (κ2) is 3.52. The molecule has 78 valence electrons. The molecule has 1 rings (SSSR count). The Kier molecular flexibility index (Phi) is 2.74. The lowest BCUT2D eigenvalue weighted by Crippen LogP contribution is -2.38. The molecular formula is C12H20N2. The number of aryl methyl sites for hydroxylation is 1. The summed E-state index contributed by atoms with van der Waals surface area (Å²) in [6.07, 6.45) is 0. The number of benzene rings is 1. The van der Waals surface area contributed by atoms with E-state index in [1.807, 2.05) is 12.1 Å². The van der Waals surface area contributed by atoms with E-state index in [1.54, 1.807) is 0 Å². The van der Waals surface area contributed by atoms with Crippen molar-refractivity contribution >= 4 is 11.4 Å². The van der Waals surface area contributed by atoms with Gasteiger partial charge in [-0.3, -0.25) is 0 Å². The van der Waals surface area contributed by atoms with E-state index in [1.165, 1.54) is 5.56 Å². The lowest BCUT2D eigenvalue weighted by atomic mass is 10.0. The molecule has 2 heteroatoms. The van der Waals surface area contributed by atoms with Crippen LogP contribution in [0.4, 0.5) is 11.4 Å². The molecule has 0 aliphatic carbocycles. The summed E-state index contributed by atoms with van der Waals surface area (Å²) in [5.74, 6) is 0. The Labute approximate surface area is 86.7 Å². The molecule has 2 N–H and O–H groups in total. The molecule has 0 aliphatic heterocycles. The van der Waals surface area contributed by atoms with E-state index >= 15 is 0 Å². The molecule has 1 aromatic carbocycles. The van der Waals surface area contributed by atoms with Gasteiger partial charge in [-0.2, -0.15) is 0 Å². The van der Waals surface area contributed by atoms with Crippen molar-refractivity contribution in [2.45, 2.75) is 33.2 Å². The van der Waals surface area contributed by atoms with Gasteiger partial charge in [0.1, 0.15) is 0 Å². The van der Waals surface area contributed by atoms with Crippen molar-refractivity contribution < 1.29 is 0 Å². The van der Waals surface area contributed by atoms with Gasteiger partial charge in [0.25, 0.3) is 0 Å². The average Bonchev–Trinajstić information content (AvgIpc) is 2.06. The molecule has 1 aromatic rings. The number of anilines is 2. The van der Waals surface area contributed by atoms with Crippen LogP contribution in [-0.4, -0.2) is 12.6 Å². The van der Waals surface area contributed by atoms with Gasteiger partial charge in [-0.1, -0.05) is 6.07 Å². The summed E-state index contributed by atoms with van der Waals surface area (Å²) in [6, 6.07) is 6.13. The van der Waals surface area contributed by atoms with Crippen LogP contribution in [0.15, 0.2) is 18.2 Å². The molecule has 0 saturated heterocycles. The van der Waals surface area contributed by atoms with Crippen LogP contribution in [0.5, 0.6) is 0 Å². The van der Waals surface area contributed by atoms with Crippen LogP contribution in [-0.2, 0) is 0 Å². The molecule has 0 saturated carbocycles. The van der Waals surface area contributed by atoms with Crippen LogP contribution in [0.25, 0.3) is 0 Å². The van der Waals surface area contributed by atoms with Crippen molar-refractivity contribution in [2.24, 2.45) is 0 Å². The summed E-state index contributed by atoms with van der Waals surface area (Å²) < 4.78 is 0. The van der Waals surface area contributed by atoms with Crippen molar-refractivity contribution in [3.63, 3.8) is 0 Å². The van der Waals surface area contributed by atoms with Crippen LogP contribution < -0.4 is 10.6 Å². The van der Waals surface area contributed by atoms with Crippen LogP contribution in [0, 0.1) is 6.92 Å². The average molecular weight is 192 g/mol. The minimum atomic E-state index is 0.0991. The third-order valence-corrected chi connectivity index (χ3v) is 2.55. The molecule has 0 bridgehead atoms. The van der Waals surface area contributed by atoms with Gasteiger partial charge in [-0.05, 0) is 45.4 Å². The predicted molar refractivity (Wildman–Crippen MR) is 63.7 cm³/mol. The molecule has 0 amide bonds. The lowest BCUT2D eigenvalue weighted by molar-refractivity contribution is 0.539. The van der Waals surface area contributed by atoms with Crippen LogP contribution in [0.3, 0.4) is 0 Å². The summed E-state index contributed by atoms with van der Waals surface area (Å²) in [7, 11) is 2.07. The summed E-state index contributed by atoms with van der Waals surface area (Å²) in [5.41, 5.74) is 9.24.